The van der Waals surface area contributed by atoms with Gasteiger partial charge in [-0.3, -0.25) is 4.79 Å². The molecule has 0 saturated carbocycles. The maximum atomic E-state index is 12.9. The van der Waals surface area contributed by atoms with Gasteiger partial charge < -0.3 is 10.2 Å². The number of hydrogen-bond acceptors (Lipinski definition) is 5. The average molecular weight is 415 g/mol. The first kappa shape index (κ1) is 20.6. The third-order valence-corrected chi connectivity index (χ3v) is 5.28. The summed E-state index contributed by atoms with van der Waals surface area (Å²) < 4.78 is 1.25. The Bertz CT molecular complexity index is 1230. The van der Waals surface area contributed by atoms with Crippen LogP contribution in [0.1, 0.15) is 42.1 Å². The van der Waals surface area contributed by atoms with Crippen LogP contribution in [0.5, 0.6) is 0 Å². The van der Waals surface area contributed by atoms with Gasteiger partial charge in [0.25, 0.3) is 5.56 Å². The van der Waals surface area contributed by atoms with Crippen LogP contribution in [0, 0.1) is 6.92 Å². The summed E-state index contributed by atoms with van der Waals surface area (Å²) in [5, 5.41) is 4.16. The molecule has 2 aromatic heterocycles. The molecule has 0 unspecified atom stereocenters. The van der Waals surface area contributed by atoms with Crippen LogP contribution in [-0.2, 0) is 13.2 Å². The summed E-state index contributed by atoms with van der Waals surface area (Å²) in [6.07, 6.45) is 1.45. The maximum absolute atomic E-state index is 12.9. The number of rotatable bonds is 7. The lowest BCUT2D eigenvalue weighted by atomic mass is 10.0. The predicted molar refractivity (Wildman–Crippen MR) is 123 cm³/mol. The normalized spacial score (nSPS) is 11.1. The fourth-order valence-corrected chi connectivity index (χ4v) is 3.48. The van der Waals surface area contributed by atoms with Crippen molar-refractivity contribution < 1.29 is 4.84 Å². The summed E-state index contributed by atoms with van der Waals surface area (Å²) in [6, 6.07) is 19.8. The van der Waals surface area contributed by atoms with E-state index in [0.717, 1.165) is 22.2 Å². The van der Waals surface area contributed by atoms with Crippen molar-refractivity contribution in [3.63, 3.8) is 0 Å². The highest BCUT2D eigenvalue weighted by Gasteiger charge is 2.14. The van der Waals surface area contributed by atoms with E-state index in [2.05, 4.69) is 53.4 Å². The predicted octanol–water partition coefficient (Wildman–Crippen LogP) is 4.46. The van der Waals surface area contributed by atoms with Gasteiger partial charge >= 0.3 is 0 Å². The number of aryl methyl sites for hydroxylation is 1. The van der Waals surface area contributed by atoms with Gasteiger partial charge in [0.1, 0.15) is 12.9 Å². The molecule has 2 heterocycles. The van der Waals surface area contributed by atoms with E-state index in [1.165, 1.54) is 16.6 Å². The Morgan fingerprint density at radius 3 is 2.45 bits per heavy atom. The van der Waals surface area contributed by atoms with Crippen molar-refractivity contribution in [2.75, 3.05) is 5.32 Å². The van der Waals surface area contributed by atoms with Gasteiger partial charge in [0.15, 0.2) is 5.65 Å². The Morgan fingerprint density at radius 2 is 1.74 bits per heavy atom. The molecule has 0 bridgehead atoms. The molecule has 158 valence electrons. The van der Waals surface area contributed by atoms with Crippen LogP contribution in [-0.4, -0.2) is 14.7 Å². The number of anilines is 1. The van der Waals surface area contributed by atoms with Crippen molar-refractivity contribution in [1.82, 2.24) is 14.7 Å². The molecule has 2 aromatic carbocycles. The quantitative estimate of drug-likeness (QED) is 0.483. The highest BCUT2D eigenvalue weighted by Crippen LogP contribution is 2.23. The van der Waals surface area contributed by atoms with E-state index in [4.69, 9.17) is 4.84 Å². The number of aromatic nitrogens is 3. The minimum absolute atomic E-state index is 0.272. The molecule has 0 radical (unpaired) electrons. The molecule has 0 atom stereocenters. The van der Waals surface area contributed by atoms with Gasteiger partial charge in [-0.25, -0.2) is 9.97 Å². The first-order chi connectivity index (χ1) is 15.0. The molecule has 0 amide bonds. The van der Waals surface area contributed by atoms with Crippen molar-refractivity contribution in [3.8, 4) is 0 Å². The van der Waals surface area contributed by atoms with E-state index in [1.807, 2.05) is 37.3 Å². The molecule has 4 rings (SSSR count). The molecule has 1 N–H and O–H groups in total. The third-order valence-electron chi connectivity index (χ3n) is 5.28. The minimum Gasteiger partial charge on any atom is -0.404 e. The summed E-state index contributed by atoms with van der Waals surface area (Å²) in [7, 11) is 0. The zero-order valence-corrected chi connectivity index (χ0v) is 18.0. The Kier molecular flexibility index (Phi) is 5.98. The molecular formula is C25H26N4O2. The zero-order valence-electron chi connectivity index (χ0n) is 18.0. The minimum atomic E-state index is -0.279. The average Bonchev–Trinajstić information content (AvgIpc) is 2.78. The lowest BCUT2D eigenvalue weighted by Crippen LogP contribution is -2.28. The first-order valence-electron chi connectivity index (χ1n) is 10.4. The van der Waals surface area contributed by atoms with Crippen LogP contribution in [0.3, 0.4) is 0 Å². The van der Waals surface area contributed by atoms with Gasteiger partial charge in [0, 0.05) is 12.6 Å². The van der Waals surface area contributed by atoms with Crippen LogP contribution >= 0.6 is 0 Å². The molecule has 6 heteroatoms. The molecular weight excluding hydrogens is 388 g/mol. The fraction of sp³-hybridized carbons (Fsp3) is 0.240. The lowest BCUT2D eigenvalue weighted by molar-refractivity contribution is 0.0979. The second-order valence-electron chi connectivity index (χ2n) is 7.86. The smallest absolute Gasteiger partial charge is 0.287 e. The highest BCUT2D eigenvalue weighted by atomic mass is 16.7. The molecule has 0 spiro atoms. The second-order valence-corrected chi connectivity index (χ2v) is 7.86. The van der Waals surface area contributed by atoms with E-state index < -0.39 is 0 Å². The van der Waals surface area contributed by atoms with Crippen molar-refractivity contribution in [2.45, 2.75) is 39.8 Å². The fourth-order valence-electron chi connectivity index (χ4n) is 3.48. The lowest BCUT2D eigenvalue weighted by Gasteiger charge is -2.16. The molecule has 0 aliphatic rings. The summed E-state index contributed by atoms with van der Waals surface area (Å²) in [6.45, 7) is 7.12. The standard InChI is InChI=1S/C25H26N4O2/c1-17(2)21-11-9-19(10-12-21)14-26-22-13-23(30)29(25-24(22)18(3)27-16-28-25)31-15-20-7-5-4-6-8-20/h4-13,16-17,26H,14-15H2,1-3H3. The summed E-state index contributed by atoms with van der Waals surface area (Å²) in [5.74, 6) is 0.495. The summed E-state index contributed by atoms with van der Waals surface area (Å²) in [4.78, 5) is 27.4. The number of hydrogen-bond donors (Lipinski definition) is 1. The Morgan fingerprint density at radius 1 is 1.00 bits per heavy atom. The van der Waals surface area contributed by atoms with E-state index in [-0.39, 0.29) is 12.2 Å². The van der Waals surface area contributed by atoms with E-state index in [0.29, 0.717) is 23.8 Å². The van der Waals surface area contributed by atoms with Gasteiger partial charge in [-0.1, -0.05) is 68.4 Å². The number of benzene rings is 2. The van der Waals surface area contributed by atoms with Gasteiger partial charge in [0.2, 0.25) is 0 Å². The Balaban J connectivity index is 1.63. The Labute approximate surface area is 181 Å². The topological polar surface area (TPSA) is 69.0 Å². The van der Waals surface area contributed by atoms with Crippen molar-refractivity contribution in [1.29, 1.82) is 0 Å². The van der Waals surface area contributed by atoms with Crippen molar-refractivity contribution in [3.05, 3.63) is 99.7 Å². The highest BCUT2D eigenvalue weighted by molar-refractivity contribution is 5.90. The number of nitrogens with one attached hydrogen (secondary N) is 1. The number of fused-ring (bicyclic) bond motifs is 1. The molecule has 0 saturated heterocycles. The zero-order chi connectivity index (χ0) is 21.8. The van der Waals surface area contributed by atoms with Crippen LogP contribution in [0.2, 0.25) is 0 Å². The van der Waals surface area contributed by atoms with Gasteiger partial charge in [-0.15, -0.1) is 4.73 Å². The van der Waals surface area contributed by atoms with Crippen LogP contribution in [0.25, 0.3) is 11.0 Å². The third kappa shape index (κ3) is 4.58. The SMILES string of the molecule is Cc1ncnc2c1c(NCc1ccc(C(C)C)cc1)cc(=O)n2OCc1ccccc1. The van der Waals surface area contributed by atoms with E-state index in [1.54, 1.807) is 6.07 Å². The van der Waals surface area contributed by atoms with E-state index in [9.17, 15) is 4.79 Å². The van der Waals surface area contributed by atoms with Crippen LogP contribution in [0.4, 0.5) is 5.69 Å². The summed E-state index contributed by atoms with van der Waals surface area (Å²) in [5.41, 5.74) is 5.06. The first-order valence-corrected chi connectivity index (χ1v) is 10.4. The van der Waals surface area contributed by atoms with Gasteiger partial charge in [-0.05, 0) is 29.5 Å². The Hall–Kier alpha value is -3.67. The maximum Gasteiger partial charge on any atom is 0.287 e. The molecule has 0 aliphatic carbocycles. The number of nitrogens with zero attached hydrogens (tertiary/aromatic N) is 3. The molecule has 4 aromatic rings. The second kappa shape index (κ2) is 9.00. The van der Waals surface area contributed by atoms with Crippen molar-refractivity contribution >= 4 is 16.7 Å². The summed E-state index contributed by atoms with van der Waals surface area (Å²) >= 11 is 0. The van der Waals surface area contributed by atoms with Crippen molar-refractivity contribution in [2.24, 2.45) is 0 Å². The van der Waals surface area contributed by atoms with Gasteiger partial charge in [0.05, 0.1) is 16.8 Å². The van der Waals surface area contributed by atoms with E-state index >= 15 is 0 Å². The van der Waals surface area contributed by atoms with Gasteiger partial charge in [-0.2, -0.15) is 0 Å². The van der Waals surface area contributed by atoms with Crippen LogP contribution in [0.15, 0.2) is 71.8 Å². The number of pyridine rings is 1. The molecule has 31 heavy (non-hydrogen) atoms. The largest absolute Gasteiger partial charge is 0.404 e. The van der Waals surface area contributed by atoms with Crippen LogP contribution < -0.4 is 15.7 Å². The molecule has 0 fully saturated rings. The molecule has 0 aliphatic heterocycles. The molecule has 6 nitrogen and oxygen atoms in total. The monoisotopic (exact) mass is 414 g/mol.